The van der Waals surface area contributed by atoms with Crippen molar-refractivity contribution in [2.24, 2.45) is 23.7 Å². The highest BCUT2D eigenvalue weighted by molar-refractivity contribution is 6.30. The maximum atomic E-state index is 14.8. The molecule has 6 rings (SSSR count). The van der Waals surface area contributed by atoms with Crippen LogP contribution in [0.2, 0.25) is 5.02 Å². The van der Waals surface area contributed by atoms with E-state index in [1.54, 1.807) is 54.6 Å². The second-order valence-corrected chi connectivity index (χ2v) is 12.1. The second kappa shape index (κ2) is 10.3. The molecule has 2 N–H and O–H groups in total. The second-order valence-electron chi connectivity index (χ2n) is 11.6. The van der Waals surface area contributed by atoms with E-state index in [1.165, 1.54) is 11.0 Å². The largest absolute Gasteiger partial charge is 0.359 e. The third-order valence-corrected chi connectivity index (χ3v) is 9.62. The molecule has 3 heterocycles. The first-order chi connectivity index (χ1) is 19.2. The Kier molecular flexibility index (Phi) is 6.95. The number of hydrogen-bond donors (Lipinski definition) is 2. The first kappa shape index (κ1) is 27.0. The van der Waals surface area contributed by atoms with Crippen LogP contribution in [0.4, 0.5) is 10.1 Å². The van der Waals surface area contributed by atoms with E-state index in [0.717, 1.165) is 19.3 Å². The summed E-state index contributed by atoms with van der Waals surface area (Å²) >= 11 is 5.99. The van der Waals surface area contributed by atoms with Crippen molar-refractivity contribution in [3.8, 4) is 0 Å². The zero-order chi connectivity index (χ0) is 28.2. The summed E-state index contributed by atoms with van der Waals surface area (Å²) in [5.41, 5.74) is -0.480. The minimum Gasteiger partial charge on any atom is -0.359 e. The lowest BCUT2D eigenvalue weighted by Gasteiger charge is -2.38. The predicted molar refractivity (Wildman–Crippen MR) is 149 cm³/mol. The quantitative estimate of drug-likeness (QED) is 0.497. The number of anilines is 1. The summed E-state index contributed by atoms with van der Waals surface area (Å²) in [5, 5.41) is 6.63. The minimum atomic E-state index is -1.32. The number of likely N-dealkylation sites (tertiary alicyclic amines) is 1. The van der Waals surface area contributed by atoms with Crippen LogP contribution in [0.15, 0.2) is 60.7 Å². The summed E-state index contributed by atoms with van der Waals surface area (Å²) in [4.78, 5) is 43.2. The van der Waals surface area contributed by atoms with Gasteiger partial charge in [-0.05, 0) is 48.6 Å². The Morgan fingerprint density at radius 1 is 1.10 bits per heavy atom. The van der Waals surface area contributed by atoms with Crippen LogP contribution >= 0.6 is 11.6 Å². The predicted octanol–water partition coefficient (Wildman–Crippen LogP) is 4.71. The molecule has 3 aliphatic heterocycles. The molecule has 7 nitrogen and oxygen atoms in total. The average molecular weight is 566 g/mol. The van der Waals surface area contributed by atoms with E-state index in [9.17, 15) is 18.8 Å². The van der Waals surface area contributed by atoms with Gasteiger partial charge in [0.05, 0.1) is 17.9 Å². The number of hydrogen-bond acceptors (Lipinski definition) is 4. The van der Waals surface area contributed by atoms with E-state index >= 15 is 0 Å². The zero-order valence-corrected chi connectivity index (χ0v) is 23.2. The fourth-order valence-corrected chi connectivity index (χ4v) is 7.18. The van der Waals surface area contributed by atoms with Gasteiger partial charge in [0.2, 0.25) is 17.7 Å². The molecule has 3 amide bonds. The van der Waals surface area contributed by atoms with Crippen molar-refractivity contribution in [1.82, 2.24) is 10.2 Å². The molecule has 2 aromatic carbocycles. The van der Waals surface area contributed by atoms with E-state index in [4.69, 9.17) is 16.3 Å². The maximum Gasteiger partial charge on any atom is 0.246 e. The molecule has 4 aliphatic rings. The molecular formula is C31H33ClFN3O4. The van der Waals surface area contributed by atoms with Gasteiger partial charge in [-0.25, -0.2) is 4.39 Å². The number of fused-ring (bicyclic) bond motifs is 1. The van der Waals surface area contributed by atoms with Gasteiger partial charge in [0.15, 0.2) is 0 Å². The molecule has 2 saturated heterocycles. The summed E-state index contributed by atoms with van der Waals surface area (Å²) in [6.45, 7) is 4.23. The molecule has 3 fully saturated rings. The van der Waals surface area contributed by atoms with Gasteiger partial charge in [-0.1, -0.05) is 68.6 Å². The molecule has 8 atom stereocenters. The van der Waals surface area contributed by atoms with E-state index in [1.807, 2.05) is 0 Å². The summed E-state index contributed by atoms with van der Waals surface area (Å²) in [7, 11) is 0. The molecule has 2 aromatic rings. The van der Waals surface area contributed by atoms with E-state index in [2.05, 4.69) is 24.5 Å². The Bertz CT molecular complexity index is 1370. The van der Waals surface area contributed by atoms with Crippen molar-refractivity contribution in [2.45, 2.75) is 63.4 Å². The van der Waals surface area contributed by atoms with Crippen LogP contribution in [0, 0.1) is 29.5 Å². The van der Waals surface area contributed by atoms with Crippen molar-refractivity contribution in [3.05, 3.63) is 77.1 Å². The van der Waals surface area contributed by atoms with E-state index < -0.39 is 41.3 Å². The number of carbonyl (C=O) groups excluding carboxylic acids is 3. The van der Waals surface area contributed by atoms with Gasteiger partial charge in [0.1, 0.15) is 17.5 Å². The van der Waals surface area contributed by atoms with Crippen LogP contribution < -0.4 is 10.6 Å². The van der Waals surface area contributed by atoms with Gasteiger partial charge in [-0.15, -0.1) is 0 Å². The van der Waals surface area contributed by atoms with Gasteiger partial charge in [-0.2, -0.15) is 0 Å². The van der Waals surface area contributed by atoms with Crippen LogP contribution in [0.25, 0.3) is 0 Å². The molecule has 9 heteroatoms. The maximum absolute atomic E-state index is 14.8. The summed E-state index contributed by atoms with van der Waals surface area (Å²) < 4.78 is 21.2. The first-order valence-corrected chi connectivity index (χ1v) is 14.4. The average Bonchev–Trinajstić information content (AvgIpc) is 3.57. The highest BCUT2D eigenvalue weighted by Crippen LogP contribution is 2.55. The third kappa shape index (κ3) is 4.41. The number of ether oxygens (including phenoxy) is 1. The smallest absolute Gasteiger partial charge is 0.246 e. The Balaban J connectivity index is 1.33. The van der Waals surface area contributed by atoms with Gasteiger partial charge in [0, 0.05) is 28.9 Å². The molecule has 40 heavy (non-hydrogen) atoms. The van der Waals surface area contributed by atoms with E-state index in [0.29, 0.717) is 22.2 Å². The number of nitrogens with one attached hydrogen (secondary N) is 2. The lowest BCUT2D eigenvalue weighted by molar-refractivity contribution is -0.142. The molecule has 0 radical (unpaired) electrons. The van der Waals surface area contributed by atoms with Crippen molar-refractivity contribution >= 4 is 35.0 Å². The topological polar surface area (TPSA) is 87.7 Å². The number of rotatable bonds is 6. The number of carbonyl (C=O) groups is 3. The Morgan fingerprint density at radius 3 is 2.60 bits per heavy atom. The SMILES string of the molecule is C[C@H]1[C@H](C)CCC[C@@H]1NC(=O)[C@@H]1N(Cc2ccccc2F)C(=O)[C@H]2[C@H](C(=O)Nc3ccc(Cl)cc3)[C@H]3C=C[C@@]12O3. The zero-order valence-electron chi connectivity index (χ0n) is 22.5. The lowest BCUT2D eigenvalue weighted by Crippen LogP contribution is -2.57. The molecular weight excluding hydrogens is 533 g/mol. The fourth-order valence-electron chi connectivity index (χ4n) is 7.05. The molecule has 1 spiro atoms. The van der Waals surface area contributed by atoms with Crippen molar-refractivity contribution in [2.75, 3.05) is 5.32 Å². The number of benzene rings is 2. The van der Waals surface area contributed by atoms with Gasteiger partial charge in [0.25, 0.3) is 0 Å². The number of amides is 3. The monoisotopic (exact) mass is 565 g/mol. The Labute approximate surface area is 238 Å². The van der Waals surface area contributed by atoms with Crippen molar-refractivity contribution in [3.63, 3.8) is 0 Å². The van der Waals surface area contributed by atoms with Gasteiger partial charge < -0.3 is 20.3 Å². The minimum absolute atomic E-state index is 0.0382. The normalized spacial score (nSPS) is 34.1. The van der Waals surface area contributed by atoms with Crippen LogP contribution in [0.3, 0.4) is 0 Å². The Hall–Kier alpha value is -3.23. The van der Waals surface area contributed by atoms with Crippen molar-refractivity contribution < 1.29 is 23.5 Å². The Morgan fingerprint density at radius 2 is 1.85 bits per heavy atom. The fraction of sp³-hybridized carbons (Fsp3) is 0.452. The van der Waals surface area contributed by atoms with Crippen molar-refractivity contribution in [1.29, 1.82) is 0 Å². The molecule has 1 aliphatic carbocycles. The lowest BCUT2D eigenvalue weighted by atomic mass is 9.73. The van der Waals surface area contributed by atoms with Gasteiger partial charge in [-0.3, -0.25) is 14.4 Å². The third-order valence-electron chi connectivity index (χ3n) is 9.37. The molecule has 2 bridgehead atoms. The summed E-state index contributed by atoms with van der Waals surface area (Å²) in [6, 6.07) is 11.8. The highest BCUT2D eigenvalue weighted by Gasteiger charge is 2.72. The molecule has 1 saturated carbocycles. The molecule has 210 valence electrons. The molecule has 0 aromatic heterocycles. The summed E-state index contributed by atoms with van der Waals surface area (Å²) in [6.07, 6.45) is 5.86. The van der Waals surface area contributed by atoms with Crippen LogP contribution in [0.5, 0.6) is 0 Å². The van der Waals surface area contributed by atoms with Crippen LogP contribution in [-0.2, 0) is 25.7 Å². The van der Waals surface area contributed by atoms with E-state index in [-0.39, 0.29) is 30.3 Å². The van der Waals surface area contributed by atoms with Crippen LogP contribution in [-0.4, -0.2) is 46.4 Å². The number of halogens is 2. The number of nitrogens with zero attached hydrogens (tertiary/aromatic N) is 1. The first-order valence-electron chi connectivity index (χ1n) is 14.0. The highest BCUT2D eigenvalue weighted by atomic mass is 35.5. The molecule has 0 unspecified atom stereocenters. The standard InChI is InChI=1S/C31H33ClFN3O4/c1-17-6-5-9-23(18(17)2)35-29(38)27-31-15-14-24(40-31)25(28(37)34-21-12-10-20(32)11-13-21)26(31)30(39)36(27)16-19-7-3-4-8-22(19)33/h3-4,7-8,10-15,17-18,23-27H,5-6,9,16H2,1-2H3,(H,34,37)(H,35,38)/t17-,18+,23+,24-,25-,26-,27+,31+/m1/s1. The summed E-state index contributed by atoms with van der Waals surface area (Å²) in [5.74, 6) is -2.59. The van der Waals surface area contributed by atoms with Gasteiger partial charge >= 0.3 is 0 Å². The van der Waals surface area contributed by atoms with Crippen LogP contribution in [0.1, 0.15) is 38.7 Å².